The molecular formula is C16H25NO. The van der Waals surface area contributed by atoms with Crippen LogP contribution in [-0.2, 0) is 6.42 Å². The third-order valence-corrected chi connectivity index (χ3v) is 4.13. The van der Waals surface area contributed by atoms with E-state index in [-0.39, 0.29) is 0 Å². The molecule has 0 aliphatic heterocycles. The van der Waals surface area contributed by atoms with Crippen molar-refractivity contribution in [1.82, 2.24) is 0 Å². The first-order valence-corrected chi connectivity index (χ1v) is 7.04. The topological polar surface area (TPSA) is 35.2 Å². The molecule has 0 spiro atoms. The van der Waals surface area contributed by atoms with E-state index >= 15 is 0 Å². The van der Waals surface area contributed by atoms with E-state index in [2.05, 4.69) is 32.0 Å². The summed E-state index contributed by atoms with van der Waals surface area (Å²) >= 11 is 0. The Bertz CT molecular complexity index is 400. The van der Waals surface area contributed by atoms with Crippen LogP contribution in [0.1, 0.15) is 50.2 Å². The zero-order valence-corrected chi connectivity index (χ0v) is 11.8. The van der Waals surface area contributed by atoms with Crippen molar-refractivity contribution in [3.8, 4) is 5.75 Å². The average molecular weight is 247 g/mol. The third-order valence-electron chi connectivity index (χ3n) is 4.13. The first-order chi connectivity index (χ1) is 8.61. The summed E-state index contributed by atoms with van der Waals surface area (Å²) in [6.45, 7) is 4.42. The van der Waals surface area contributed by atoms with E-state index in [1.807, 2.05) is 0 Å². The van der Waals surface area contributed by atoms with Crippen LogP contribution in [0.5, 0.6) is 5.75 Å². The molecule has 2 unspecified atom stereocenters. The van der Waals surface area contributed by atoms with Crippen molar-refractivity contribution in [2.24, 2.45) is 11.7 Å². The third kappa shape index (κ3) is 2.86. The van der Waals surface area contributed by atoms with Crippen molar-refractivity contribution in [3.63, 3.8) is 0 Å². The van der Waals surface area contributed by atoms with Gasteiger partial charge < -0.3 is 10.5 Å². The molecule has 2 atom stereocenters. The van der Waals surface area contributed by atoms with Crippen molar-refractivity contribution in [2.45, 2.75) is 51.5 Å². The molecule has 18 heavy (non-hydrogen) atoms. The second-order valence-electron chi connectivity index (χ2n) is 5.79. The first kappa shape index (κ1) is 13.4. The zero-order chi connectivity index (χ0) is 13.1. The molecule has 1 aromatic rings. The summed E-state index contributed by atoms with van der Waals surface area (Å²) in [5, 5.41) is 0. The Kier molecular flexibility index (Phi) is 4.28. The minimum Gasteiger partial charge on any atom is -0.496 e. The molecule has 2 nitrogen and oxygen atoms in total. The van der Waals surface area contributed by atoms with Gasteiger partial charge in [0, 0.05) is 6.04 Å². The van der Waals surface area contributed by atoms with E-state index < -0.39 is 0 Å². The molecule has 1 aliphatic rings. The largest absolute Gasteiger partial charge is 0.496 e. The Labute approximate surface area is 111 Å². The average Bonchev–Trinajstić information content (AvgIpc) is 2.75. The fraction of sp³-hybridized carbons (Fsp3) is 0.625. The lowest BCUT2D eigenvalue weighted by Crippen LogP contribution is -2.25. The highest BCUT2D eigenvalue weighted by atomic mass is 16.5. The van der Waals surface area contributed by atoms with E-state index in [0.29, 0.717) is 17.9 Å². The Morgan fingerprint density at radius 3 is 2.67 bits per heavy atom. The molecule has 2 heteroatoms. The Balaban J connectivity index is 2.16. The van der Waals surface area contributed by atoms with Crippen LogP contribution in [0.4, 0.5) is 0 Å². The van der Waals surface area contributed by atoms with Crippen LogP contribution in [0.2, 0.25) is 0 Å². The van der Waals surface area contributed by atoms with Gasteiger partial charge in [-0.05, 0) is 48.3 Å². The summed E-state index contributed by atoms with van der Waals surface area (Å²) in [4.78, 5) is 0. The van der Waals surface area contributed by atoms with Crippen molar-refractivity contribution in [2.75, 3.05) is 7.11 Å². The number of ether oxygens (including phenoxy) is 1. The molecule has 0 radical (unpaired) electrons. The van der Waals surface area contributed by atoms with Crippen molar-refractivity contribution in [1.29, 1.82) is 0 Å². The number of methoxy groups -OCH3 is 1. The van der Waals surface area contributed by atoms with Gasteiger partial charge in [0.1, 0.15) is 5.75 Å². The minimum absolute atomic E-state index is 0.398. The van der Waals surface area contributed by atoms with Gasteiger partial charge in [-0.3, -0.25) is 0 Å². The monoisotopic (exact) mass is 247 g/mol. The second-order valence-corrected chi connectivity index (χ2v) is 5.79. The van der Waals surface area contributed by atoms with Gasteiger partial charge in [0.05, 0.1) is 7.11 Å². The van der Waals surface area contributed by atoms with E-state index in [9.17, 15) is 0 Å². The van der Waals surface area contributed by atoms with Crippen LogP contribution in [0.15, 0.2) is 18.2 Å². The molecule has 2 N–H and O–H groups in total. The summed E-state index contributed by atoms with van der Waals surface area (Å²) in [6.07, 6.45) is 4.88. The number of nitrogens with two attached hydrogens (primary N) is 1. The molecule has 0 bridgehead atoms. The van der Waals surface area contributed by atoms with E-state index in [1.54, 1.807) is 7.11 Å². The highest BCUT2D eigenvalue weighted by molar-refractivity contribution is 5.39. The molecule has 1 fully saturated rings. The maximum Gasteiger partial charge on any atom is 0.122 e. The summed E-state index contributed by atoms with van der Waals surface area (Å²) in [5.41, 5.74) is 8.87. The molecular weight excluding hydrogens is 222 g/mol. The van der Waals surface area contributed by atoms with Crippen molar-refractivity contribution >= 4 is 0 Å². The van der Waals surface area contributed by atoms with Crippen LogP contribution < -0.4 is 10.5 Å². The van der Waals surface area contributed by atoms with Gasteiger partial charge in [-0.15, -0.1) is 0 Å². The standard InChI is InChI=1S/C16H25NO/c1-11(2)14-10-12(7-8-16(14)18-3)9-13-5-4-6-15(13)17/h7-8,10-11,13,15H,4-6,9,17H2,1-3H3. The van der Waals surface area contributed by atoms with Gasteiger partial charge in [-0.25, -0.2) is 0 Å². The number of hydrogen-bond acceptors (Lipinski definition) is 2. The highest BCUT2D eigenvalue weighted by Crippen LogP contribution is 2.31. The molecule has 1 aliphatic carbocycles. The van der Waals surface area contributed by atoms with Gasteiger partial charge in [-0.2, -0.15) is 0 Å². The maximum absolute atomic E-state index is 6.16. The van der Waals surface area contributed by atoms with Crippen LogP contribution >= 0.6 is 0 Å². The number of hydrogen-bond donors (Lipinski definition) is 1. The summed E-state index contributed by atoms with van der Waals surface area (Å²) < 4.78 is 5.43. The number of rotatable bonds is 4. The van der Waals surface area contributed by atoms with Crippen LogP contribution in [0.3, 0.4) is 0 Å². The van der Waals surface area contributed by atoms with Gasteiger partial charge in [0.25, 0.3) is 0 Å². The number of benzene rings is 1. The van der Waals surface area contributed by atoms with E-state index in [1.165, 1.54) is 30.4 Å². The molecule has 1 aromatic carbocycles. The lowest BCUT2D eigenvalue weighted by Gasteiger charge is -2.18. The molecule has 0 heterocycles. The van der Waals surface area contributed by atoms with Crippen LogP contribution in [-0.4, -0.2) is 13.2 Å². The quantitative estimate of drug-likeness (QED) is 0.884. The predicted octanol–water partition coefficient (Wildman–Crippen LogP) is 3.49. The molecule has 2 rings (SSSR count). The Morgan fingerprint density at radius 2 is 2.11 bits per heavy atom. The second kappa shape index (κ2) is 5.75. The normalized spacial score (nSPS) is 23.6. The minimum atomic E-state index is 0.398. The summed E-state index contributed by atoms with van der Waals surface area (Å²) in [5.74, 6) is 2.17. The molecule has 0 amide bonds. The van der Waals surface area contributed by atoms with Gasteiger partial charge >= 0.3 is 0 Å². The molecule has 100 valence electrons. The lowest BCUT2D eigenvalue weighted by molar-refractivity contribution is 0.407. The SMILES string of the molecule is COc1ccc(CC2CCCC2N)cc1C(C)C. The van der Waals surface area contributed by atoms with Crippen molar-refractivity contribution in [3.05, 3.63) is 29.3 Å². The summed E-state index contributed by atoms with van der Waals surface area (Å²) in [6, 6.07) is 6.99. The van der Waals surface area contributed by atoms with Crippen molar-refractivity contribution < 1.29 is 4.74 Å². The van der Waals surface area contributed by atoms with E-state index in [0.717, 1.165) is 12.2 Å². The first-order valence-electron chi connectivity index (χ1n) is 7.04. The Morgan fingerprint density at radius 1 is 1.33 bits per heavy atom. The van der Waals surface area contributed by atoms with E-state index in [4.69, 9.17) is 10.5 Å². The fourth-order valence-electron chi connectivity index (χ4n) is 2.98. The van der Waals surface area contributed by atoms with Gasteiger partial charge in [0.2, 0.25) is 0 Å². The zero-order valence-electron chi connectivity index (χ0n) is 11.8. The lowest BCUT2D eigenvalue weighted by atomic mass is 9.92. The van der Waals surface area contributed by atoms with Gasteiger partial charge in [-0.1, -0.05) is 32.4 Å². The van der Waals surface area contributed by atoms with Gasteiger partial charge in [0.15, 0.2) is 0 Å². The maximum atomic E-state index is 6.16. The predicted molar refractivity (Wildman–Crippen MR) is 76.1 cm³/mol. The Hall–Kier alpha value is -1.02. The molecule has 1 saturated carbocycles. The fourth-order valence-corrected chi connectivity index (χ4v) is 2.98. The smallest absolute Gasteiger partial charge is 0.122 e. The summed E-state index contributed by atoms with van der Waals surface area (Å²) in [7, 11) is 1.74. The molecule has 0 saturated heterocycles. The molecule has 0 aromatic heterocycles. The van der Waals surface area contributed by atoms with Crippen LogP contribution in [0.25, 0.3) is 0 Å². The highest BCUT2D eigenvalue weighted by Gasteiger charge is 2.24. The van der Waals surface area contributed by atoms with Crippen LogP contribution in [0, 0.1) is 5.92 Å².